The first-order valence-electron chi connectivity index (χ1n) is 13.4. The lowest BCUT2D eigenvalue weighted by molar-refractivity contribution is -0.274. The number of ether oxygens (including phenoxy) is 3. The molecular formula is C28H30F3N9O3. The molecule has 43 heavy (non-hydrogen) atoms. The third kappa shape index (κ3) is 8.80. The average molecular weight is 598 g/mol. The first kappa shape index (κ1) is 29.6. The van der Waals surface area contributed by atoms with Gasteiger partial charge >= 0.3 is 6.36 Å². The summed E-state index contributed by atoms with van der Waals surface area (Å²) in [5, 5.41) is 28.4. The van der Waals surface area contributed by atoms with Gasteiger partial charge in [-0.25, -0.2) is 0 Å². The average Bonchev–Trinajstić information content (AvgIpc) is 3.65. The Balaban J connectivity index is 1.02. The third-order valence-electron chi connectivity index (χ3n) is 6.22. The number of H-pyrrole nitrogens is 2. The van der Waals surface area contributed by atoms with Crippen molar-refractivity contribution >= 4 is 28.1 Å². The van der Waals surface area contributed by atoms with Crippen molar-refractivity contribution < 1.29 is 27.4 Å². The molecule has 15 heteroatoms. The zero-order chi connectivity index (χ0) is 30.1. The van der Waals surface area contributed by atoms with Gasteiger partial charge in [-0.2, -0.15) is 15.3 Å². The molecule has 0 spiro atoms. The summed E-state index contributed by atoms with van der Waals surface area (Å²) in [6.45, 7) is 2.33. The highest BCUT2D eigenvalue weighted by molar-refractivity contribution is 5.89. The number of benzene rings is 2. The smallest absolute Gasteiger partial charge is 0.490 e. The van der Waals surface area contributed by atoms with E-state index in [2.05, 4.69) is 46.0 Å². The highest BCUT2D eigenvalue weighted by Crippen LogP contribution is 2.32. The lowest BCUT2D eigenvalue weighted by Crippen LogP contribution is -2.18. The second-order valence-electron chi connectivity index (χ2n) is 9.54. The highest BCUT2D eigenvalue weighted by atomic mass is 19.4. The number of rotatable bonds is 15. The van der Waals surface area contributed by atoms with Gasteiger partial charge in [-0.15, -0.1) is 18.3 Å². The Kier molecular flexibility index (Phi) is 9.53. The number of alkyl halides is 3. The topological polar surface area (TPSA) is 161 Å². The van der Waals surface area contributed by atoms with Crippen molar-refractivity contribution in [2.75, 3.05) is 37.4 Å². The zero-order valence-corrected chi connectivity index (χ0v) is 22.9. The highest BCUT2D eigenvalue weighted by Gasteiger charge is 2.31. The van der Waals surface area contributed by atoms with Gasteiger partial charge in [0, 0.05) is 36.7 Å². The third-order valence-corrected chi connectivity index (χ3v) is 6.22. The van der Waals surface area contributed by atoms with Crippen LogP contribution in [-0.2, 0) is 11.3 Å². The van der Waals surface area contributed by atoms with E-state index in [4.69, 9.17) is 15.2 Å². The maximum Gasteiger partial charge on any atom is 0.573 e. The number of aromatic amines is 2. The van der Waals surface area contributed by atoms with Gasteiger partial charge in [-0.3, -0.25) is 10.2 Å². The molecule has 3 heterocycles. The summed E-state index contributed by atoms with van der Waals surface area (Å²) in [6, 6.07) is 9.99. The van der Waals surface area contributed by atoms with E-state index in [1.807, 2.05) is 12.1 Å². The number of unbranched alkanes of at least 4 members (excludes halogenated alkanes) is 1. The summed E-state index contributed by atoms with van der Waals surface area (Å²) < 4.78 is 54.3. The first-order chi connectivity index (χ1) is 20.8. The van der Waals surface area contributed by atoms with Gasteiger partial charge < -0.3 is 30.6 Å². The quantitative estimate of drug-likeness (QED) is 0.105. The van der Waals surface area contributed by atoms with Crippen molar-refractivity contribution in [2.45, 2.75) is 25.7 Å². The second kappa shape index (κ2) is 13.8. The van der Waals surface area contributed by atoms with Crippen molar-refractivity contribution in [3.05, 3.63) is 66.7 Å². The normalized spacial score (nSPS) is 11.6. The molecule has 3 aromatic heterocycles. The monoisotopic (exact) mass is 597 g/mol. The molecule has 0 saturated carbocycles. The molecule has 0 bridgehead atoms. The fraction of sp³-hybridized carbons (Fsp3) is 0.286. The van der Waals surface area contributed by atoms with Crippen LogP contribution in [0.2, 0.25) is 0 Å². The molecular weight excluding hydrogens is 567 g/mol. The number of hydrogen-bond donors (Lipinski definition) is 5. The zero-order valence-electron chi connectivity index (χ0n) is 22.9. The number of fused-ring (bicyclic) bond motifs is 1. The van der Waals surface area contributed by atoms with Crippen LogP contribution in [0.3, 0.4) is 0 Å². The Labute approximate surface area is 244 Å². The maximum atomic E-state index is 12.8. The molecule has 0 atom stereocenters. The molecule has 0 aliphatic heterocycles. The molecule has 2 aromatic carbocycles. The van der Waals surface area contributed by atoms with Gasteiger partial charge in [0.25, 0.3) is 0 Å². The molecule has 0 amide bonds. The summed E-state index contributed by atoms with van der Waals surface area (Å²) in [5.41, 5.74) is 9.99. The summed E-state index contributed by atoms with van der Waals surface area (Å²) in [5.74, 6) is 0.691. The van der Waals surface area contributed by atoms with Crippen molar-refractivity contribution in [3.63, 3.8) is 0 Å². The fourth-order valence-corrected chi connectivity index (χ4v) is 4.36. The van der Waals surface area contributed by atoms with E-state index in [9.17, 15) is 13.2 Å². The van der Waals surface area contributed by atoms with Gasteiger partial charge in [0.15, 0.2) is 0 Å². The van der Waals surface area contributed by atoms with E-state index in [-0.39, 0.29) is 5.75 Å². The molecule has 0 aliphatic carbocycles. The Morgan fingerprint density at radius 3 is 2.60 bits per heavy atom. The van der Waals surface area contributed by atoms with Crippen LogP contribution in [0.5, 0.6) is 11.5 Å². The molecule has 0 radical (unpaired) electrons. The summed E-state index contributed by atoms with van der Waals surface area (Å²) >= 11 is 0. The van der Waals surface area contributed by atoms with Gasteiger partial charge in [0.1, 0.15) is 23.9 Å². The Morgan fingerprint density at radius 2 is 1.79 bits per heavy atom. The maximum absolute atomic E-state index is 12.8. The number of halogens is 3. The van der Waals surface area contributed by atoms with Crippen LogP contribution >= 0.6 is 0 Å². The van der Waals surface area contributed by atoms with Crippen LogP contribution in [0.1, 0.15) is 18.4 Å². The molecule has 0 saturated heterocycles. The molecule has 5 rings (SSSR count). The number of aromatic nitrogens is 6. The molecule has 5 aromatic rings. The van der Waals surface area contributed by atoms with Crippen molar-refractivity contribution in [2.24, 2.45) is 0 Å². The molecule has 6 N–H and O–H groups in total. The number of anilines is 3. The second-order valence-corrected chi connectivity index (χ2v) is 9.54. The van der Waals surface area contributed by atoms with Crippen LogP contribution in [0.25, 0.3) is 22.0 Å². The predicted molar refractivity (Wildman–Crippen MR) is 154 cm³/mol. The molecule has 0 fully saturated rings. The van der Waals surface area contributed by atoms with E-state index < -0.39 is 6.36 Å². The molecule has 12 nitrogen and oxygen atoms in total. The van der Waals surface area contributed by atoms with Crippen LogP contribution in [0.4, 0.5) is 30.4 Å². The minimum atomic E-state index is -4.79. The van der Waals surface area contributed by atoms with Gasteiger partial charge in [0.05, 0.1) is 41.8 Å². The van der Waals surface area contributed by atoms with Crippen molar-refractivity contribution in [1.29, 1.82) is 0 Å². The first-order valence-corrected chi connectivity index (χ1v) is 13.4. The van der Waals surface area contributed by atoms with E-state index in [0.29, 0.717) is 61.4 Å². The number of nitrogens with one attached hydrogen (secondary N) is 4. The Hall–Kier alpha value is -4.89. The van der Waals surface area contributed by atoms with Gasteiger partial charge in [-0.1, -0.05) is 0 Å². The minimum absolute atomic E-state index is 0.298. The van der Waals surface area contributed by atoms with Crippen LogP contribution in [0, 0.1) is 0 Å². The Bertz CT molecular complexity index is 1610. The SMILES string of the molecule is Nc1cc(-c2cc(OCCOCCCCNCc3cc(Nc4cn[nH]c4)cc(OC(F)(F)F)c3)c3cn[nH]c3c2)cnn1. The summed E-state index contributed by atoms with van der Waals surface area (Å²) in [7, 11) is 0. The fourth-order valence-electron chi connectivity index (χ4n) is 4.36. The molecule has 0 aliphatic rings. The molecule has 226 valence electrons. The van der Waals surface area contributed by atoms with E-state index in [0.717, 1.165) is 34.9 Å². The number of nitrogens with zero attached hydrogens (tertiary/aromatic N) is 4. The minimum Gasteiger partial charge on any atom is -0.490 e. The lowest BCUT2D eigenvalue weighted by atomic mass is 10.1. The summed E-state index contributed by atoms with van der Waals surface area (Å²) in [6.07, 6.45) is 3.29. The number of nitrogen functional groups attached to an aromatic ring is 1. The van der Waals surface area contributed by atoms with E-state index in [1.54, 1.807) is 30.7 Å². The Morgan fingerprint density at radius 1 is 0.884 bits per heavy atom. The largest absolute Gasteiger partial charge is 0.573 e. The number of hydrogen-bond acceptors (Lipinski definition) is 10. The molecule has 0 unspecified atom stereocenters. The van der Waals surface area contributed by atoms with Crippen LogP contribution in [0.15, 0.2) is 61.2 Å². The summed E-state index contributed by atoms with van der Waals surface area (Å²) in [4.78, 5) is 0. The predicted octanol–water partition coefficient (Wildman–Crippen LogP) is 4.93. The lowest BCUT2D eigenvalue weighted by Gasteiger charge is -2.14. The van der Waals surface area contributed by atoms with Crippen molar-refractivity contribution in [3.8, 4) is 22.6 Å². The van der Waals surface area contributed by atoms with Crippen LogP contribution in [-0.4, -0.2) is 63.3 Å². The van der Waals surface area contributed by atoms with E-state index >= 15 is 0 Å². The standard InChI is InChI=1S/C28H30F3N9O3/c29-28(30,31)43-23-8-18(7-21(12-23)38-22-15-34-35-16-22)13-33-3-1-2-4-41-5-6-42-26-10-19(9-25-24(26)17-37-39-25)20-11-27(32)40-36-14-20/h7-12,14-17,33,38H,1-6,13H2,(H2,32,40)(H,34,35)(H,37,39). The van der Waals surface area contributed by atoms with Crippen LogP contribution < -0.4 is 25.8 Å². The number of nitrogens with two attached hydrogens (primary N) is 1. The van der Waals surface area contributed by atoms with Gasteiger partial charge in [-0.05, 0) is 60.8 Å². The van der Waals surface area contributed by atoms with E-state index in [1.165, 1.54) is 18.3 Å². The van der Waals surface area contributed by atoms with Gasteiger partial charge in [0.2, 0.25) is 0 Å². The van der Waals surface area contributed by atoms with Crippen molar-refractivity contribution in [1.82, 2.24) is 35.9 Å².